The summed E-state index contributed by atoms with van der Waals surface area (Å²) in [5, 5.41) is 11.2. The largest absolute Gasteiger partial charge is 0.381 e. The Bertz CT molecular complexity index is 1410. The smallest absolute Gasteiger partial charge is 0.330 e. The highest BCUT2D eigenvalue weighted by Crippen LogP contribution is 2.30. The first kappa shape index (κ1) is 20.1. The van der Waals surface area contributed by atoms with E-state index in [2.05, 4.69) is 25.5 Å². The van der Waals surface area contributed by atoms with Gasteiger partial charge in [-0.05, 0) is 31.4 Å². The number of fused-ring (bicyclic) bond motifs is 2. The zero-order valence-electron chi connectivity index (χ0n) is 18.1. The van der Waals surface area contributed by atoms with Gasteiger partial charge in [0, 0.05) is 39.7 Å². The Hall–Kier alpha value is -3.80. The lowest BCUT2D eigenvalue weighted by Crippen LogP contribution is -2.46. The van der Waals surface area contributed by atoms with Gasteiger partial charge in [0.05, 0.1) is 17.4 Å². The van der Waals surface area contributed by atoms with Crippen LogP contribution in [0.3, 0.4) is 0 Å². The maximum absolute atomic E-state index is 13.2. The molecule has 0 aliphatic carbocycles. The second-order valence-corrected chi connectivity index (χ2v) is 7.96. The van der Waals surface area contributed by atoms with Gasteiger partial charge in [-0.2, -0.15) is 4.98 Å². The maximum Gasteiger partial charge on any atom is 0.330 e. The number of hydrogen-bond acceptors (Lipinski definition) is 9. The average Bonchev–Trinajstić information content (AvgIpc) is 3.26. The van der Waals surface area contributed by atoms with Crippen LogP contribution in [-0.4, -0.2) is 60.2 Å². The van der Waals surface area contributed by atoms with Crippen molar-refractivity contribution in [2.45, 2.75) is 25.3 Å². The molecule has 4 aromatic heterocycles. The monoisotopic (exact) mass is 436 g/mol. The fourth-order valence-corrected chi connectivity index (χ4v) is 4.25. The zero-order valence-corrected chi connectivity index (χ0v) is 18.1. The number of imidazole rings is 1. The molecule has 1 aliphatic rings. The molecule has 166 valence electrons. The molecule has 1 aliphatic heterocycles. The number of aliphatic imine (C=N–C) groups is 1. The van der Waals surface area contributed by atoms with Gasteiger partial charge in [-0.15, -0.1) is 10.2 Å². The van der Waals surface area contributed by atoms with Crippen molar-refractivity contribution < 1.29 is 4.74 Å². The van der Waals surface area contributed by atoms with Crippen molar-refractivity contribution in [3.8, 4) is 0 Å². The molecule has 0 radical (unpaired) electrons. The fraction of sp³-hybridized carbons (Fsp3) is 0.400. The molecule has 1 saturated heterocycles. The van der Waals surface area contributed by atoms with Crippen molar-refractivity contribution in [1.29, 1.82) is 0 Å². The Morgan fingerprint density at radius 1 is 1.31 bits per heavy atom. The number of nitrogens with one attached hydrogen (secondary N) is 1. The van der Waals surface area contributed by atoms with Crippen molar-refractivity contribution in [1.82, 2.24) is 33.7 Å². The van der Waals surface area contributed by atoms with Crippen molar-refractivity contribution in [3.63, 3.8) is 0 Å². The van der Waals surface area contributed by atoms with Crippen LogP contribution >= 0.6 is 0 Å². The standard InChI is InChI=1S/C20H24N10O2/c1-12-8-15-26-27-17(21)29(15)10-13(12)24-18-23-9-14-16(25-18)30(19(31)28(14)3)20(11-22-2)4-6-32-7-5-20/h8-11H,4-7H2,1-3H3,(H2,21,27)(H,23,24,25). The average molecular weight is 436 g/mol. The van der Waals surface area contributed by atoms with Crippen LogP contribution in [-0.2, 0) is 17.3 Å². The van der Waals surface area contributed by atoms with Crippen LogP contribution in [0.2, 0.25) is 0 Å². The molecule has 0 amide bonds. The minimum atomic E-state index is -0.596. The minimum Gasteiger partial charge on any atom is -0.381 e. The number of hydrogen-bond donors (Lipinski definition) is 2. The Morgan fingerprint density at radius 2 is 2.09 bits per heavy atom. The van der Waals surface area contributed by atoms with E-state index in [-0.39, 0.29) is 11.6 Å². The van der Waals surface area contributed by atoms with Gasteiger partial charge in [-0.1, -0.05) is 0 Å². The van der Waals surface area contributed by atoms with Crippen LogP contribution in [0.5, 0.6) is 0 Å². The molecule has 32 heavy (non-hydrogen) atoms. The number of rotatable bonds is 4. The van der Waals surface area contributed by atoms with Crippen molar-refractivity contribution in [3.05, 3.63) is 34.5 Å². The maximum atomic E-state index is 13.2. The van der Waals surface area contributed by atoms with E-state index >= 15 is 0 Å². The SMILES string of the molecule is CN=CC1(n2c(=O)n(C)c3cnc(Nc4cn5c(N)nnc5cc4C)nc32)CCOCC1. The Balaban J connectivity index is 1.64. The highest BCUT2D eigenvalue weighted by Gasteiger charge is 2.37. The topological polar surface area (TPSA) is 143 Å². The number of nitrogens with zero attached hydrogens (tertiary/aromatic N) is 8. The van der Waals surface area contributed by atoms with E-state index in [1.165, 1.54) is 0 Å². The molecule has 12 heteroatoms. The third kappa shape index (κ3) is 3.02. The first-order valence-corrected chi connectivity index (χ1v) is 10.3. The van der Waals surface area contributed by atoms with Crippen molar-refractivity contribution in [2.24, 2.45) is 12.0 Å². The Labute approximate surface area is 182 Å². The summed E-state index contributed by atoms with van der Waals surface area (Å²) in [6, 6.07) is 1.87. The molecule has 1 fully saturated rings. The first-order chi connectivity index (χ1) is 15.4. The van der Waals surface area contributed by atoms with Gasteiger partial charge in [-0.25, -0.2) is 9.78 Å². The summed E-state index contributed by atoms with van der Waals surface area (Å²) < 4.78 is 10.5. The van der Waals surface area contributed by atoms with E-state index in [0.717, 1.165) is 11.3 Å². The van der Waals surface area contributed by atoms with Crippen molar-refractivity contribution in [2.75, 3.05) is 31.3 Å². The van der Waals surface area contributed by atoms with Crippen molar-refractivity contribution >= 4 is 40.6 Å². The van der Waals surface area contributed by atoms with Gasteiger partial charge in [0.1, 0.15) is 5.52 Å². The molecule has 3 N–H and O–H groups in total. The molecule has 0 saturated carbocycles. The number of anilines is 3. The predicted molar refractivity (Wildman–Crippen MR) is 121 cm³/mol. The molecule has 0 atom stereocenters. The molecule has 0 bridgehead atoms. The molecule has 4 aromatic rings. The first-order valence-electron chi connectivity index (χ1n) is 10.3. The number of nitrogen functional groups attached to an aromatic ring is 1. The van der Waals surface area contributed by atoms with Gasteiger partial charge >= 0.3 is 5.69 Å². The van der Waals surface area contributed by atoms with E-state index in [4.69, 9.17) is 15.5 Å². The quantitative estimate of drug-likeness (QED) is 0.451. The molecule has 0 aromatic carbocycles. The second-order valence-electron chi connectivity index (χ2n) is 7.96. The molecule has 5 rings (SSSR count). The molecule has 12 nitrogen and oxygen atoms in total. The van der Waals surface area contributed by atoms with Gasteiger partial charge < -0.3 is 15.8 Å². The minimum absolute atomic E-state index is 0.164. The third-order valence-electron chi connectivity index (χ3n) is 6.00. The van der Waals surface area contributed by atoms with E-state index in [1.54, 1.807) is 40.0 Å². The van der Waals surface area contributed by atoms with Crippen LogP contribution < -0.4 is 16.7 Å². The van der Waals surface area contributed by atoms with E-state index < -0.39 is 5.54 Å². The number of nitrogens with two attached hydrogens (primary N) is 1. The summed E-state index contributed by atoms with van der Waals surface area (Å²) in [4.78, 5) is 26.7. The highest BCUT2D eigenvalue weighted by atomic mass is 16.5. The summed E-state index contributed by atoms with van der Waals surface area (Å²) >= 11 is 0. The zero-order chi connectivity index (χ0) is 22.5. The fourth-order valence-electron chi connectivity index (χ4n) is 4.25. The van der Waals surface area contributed by atoms with Crippen LogP contribution in [0, 0.1) is 6.92 Å². The second kappa shape index (κ2) is 7.41. The van der Waals surface area contributed by atoms with Gasteiger partial charge in [-0.3, -0.25) is 18.5 Å². The summed E-state index contributed by atoms with van der Waals surface area (Å²) in [6.07, 6.45) is 6.56. The van der Waals surface area contributed by atoms with Crippen LogP contribution in [0.15, 0.2) is 28.2 Å². The van der Waals surface area contributed by atoms with E-state index in [1.807, 2.05) is 19.2 Å². The summed E-state index contributed by atoms with van der Waals surface area (Å²) in [6.45, 7) is 3.04. The lowest BCUT2D eigenvalue weighted by molar-refractivity contribution is 0.0511. The normalized spacial score (nSPS) is 16.3. The van der Waals surface area contributed by atoms with Crippen LogP contribution in [0.25, 0.3) is 16.8 Å². The molecular weight excluding hydrogens is 412 g/mol. The Morgan fingerprint density at radius 3 is 2.84 bits per heavy atom. The molecule has 5 heterocycles. The predicted octanol–water partition coefficient (Wildman–Crippen LogP) is 1.01. The third-order valence-corrected chi connectivity index (χ3v) is 6.00. The number of ether oxygens (including phenoxy) is 1. The molecule has 0 unspecified atom stereocenters. The summed E-state index contributed by atoms with van der Waals surface area (Å²) in [7, 11) is 3.44. The van der Waals surface area contributed by atoms with Crippen LogP contribution in [0.1, 0.15) is 18.4 Å². The van der Waals surface area contributed by atoms with E-state index in [9.17, 15) is 4.79 Å². The van der Waals surface area contributed by atoms with Gasteiger partial charge in [0.2, 0.25) is 11.9 Å². The molecule has 0 spiro atoms. The highest BCUT2D eigenvalue weighted by molar-refractivity contribution is 5.77. The molecular formula is C20H24N10O2. The number of aryl methyl sites for hydroxylation is 2. The Kier molecular flexibility index (Phi) is 4.66. The lowest BCUT2D eigenvalue weighted by Gasteiger charge is -2.34. The van der Waals surface area contributed by atoms with Gasteiger partial charge in [0.15, 0.2) is 11.3 Å². The van der Waals surface area contributed by atoms with E-state index in [0.29, 0.717) is 48.8 Å². The summed E-state index contributed by atoms with van der Waals surface area (Å²) in [5.74, 6) is 0.651. The van der Waals surface area contributed by atoms with Gasteiger partial charge in [0.25, 0.3) is 0 Å². The number of pyridine rings is 1. The lowest BCUT2D eigenvalue weighted by atomic mass is 9.91. The summed E-state index contributed by atoms with van der Waals surface area (Å²) in [5.41, 5.74) is 8.65. The van der Waals surface area contributed by atoms with Crippen LogP contribution in [0.4, 0.5) is 17.6 Å². The number of aromatic nitrogens is 7.